The molecule has 1 aromatic carbocycles. The number of aromatic nitrogens is 1. The second-order valence-electron chi connectivity index (χ2n) is 6.54. The second kappa shape index (κ2) is 6.29. The van der Waals surface area contributed by atoms with Crippen LogP contribution in [-0.4, -0.2) is 17.1 Å². The first kappa shape index (κ1) is 16.8. The third kappa shape index (κ3) is 3.29. The van der Waals surface area contributed by atoms with Crippen molar-refractivity contribution in [2.45, 2.75) is 33.1 Å². The Hall–Kier alpha value is -2.54. The number of nitriles is 1. The molecule has 2 rings (SSSR count). The maximum absolute atomic E-state index is 12.3. The average molecular weight is 310 g/mol. The van der Waals surface area contributed by atoms with Gasteiger partial charge in [-0.25, -0.2) is 4.79 Å². The van der Waals surface area contributed by atoms with Gasteiger partial charge in [0, 0.05) is 18.8 Å². The molecule has 0 aliphatic heterocycles. The van der Waals surface area contributed by atoms with Gasteiger partial charge in [-0.1, -0.05) is 45.0 Å². The normalized spacial score (nSPS) is 11.1. The molecule has 0 saturated carbocycles. The number of carbonyl (C=O) groups excluding carboxylic acids is 1. The second-order valence-corrected chi connectivity index (χ2v) is 6.54. The number of hydrogen-bond acceptors (Lipinski definition) is 3. The Morgan fingerprint density at radius 1 is 1.26 bits per heavy atom. The minimum absolute atomic E-state index is 0.0528. The topological polar surface area (TPSA) is 55.0 Å². The highest BCUT2D eigenvalue weighted by Crippen LogP contribution is 2.31. The molecular formula is C19H22N2O2. The molecule has 120 valence electrons. The van der Waals surface area contributed by atoms with Crippen LogP contribution in [0, 0.1) is 11.3 Å². The van der Waals surface area contributed by atoms with E-state index in [-0.39, 0.29) is 5.41 Å². The largest absolute Gasteiger partial charge is 0.461 e. The molecule has 2 aromatic rings. The predicted molar refractivity (Wildman–Crippen MR) is 90.2 cm³/mol. The van der Waals surface area contributed by atoms with E-state index >= 15 is 0 Å². The van der Waals surface area contributed by atoms with Gasteiger partial charge in [0.1, 0.15) is 11.8 Å². The Morgan fingerprint density at radius 2 is 1.87 bits per heavy atom. The third-order valence-corrected chi connectivity index (χ3v) is 3.81. The lowest BCUT2D eigenvalue weighted by molar-refractivity contribution is 0.0516. The summed E-state index contributed by atoms with van der Waals surface area (Å²) in [6, 6.07) is 10.2. The first-order chi connectivity index (χ1) is 10.8. The number of aryl methyl sites for hydroxylation is 1. The van der Waals surface area contributed by atoms with Crippen LogP contribution in [0.15, 0.2) is 30.5 Å². The highest BCUT2D eigenvalue weighted by atomic mass is 16.5. The van der Waals surface area contributed by atoms with Crippen molar-refractivity contribution in [1.82, 2.24) is 4.57 Å². The summed E-state index contributed by atoms with van der Waals surface area (Å²) < 4.78 is 6.79. The van der Waals surface area contributed by atoms with Crippen molar-refractivity contribution in [2.24, 2.45) is 7.05 Å². The van der Waals surface area contributed by atoms with Crippen molar-refractivity contribution >= 4 is 5.97 Å². The summed E-state index contributed by atoms with van der Waals surface area (Å²) in [6.07, 6.45) is 1.67. The van der Waals surface area contributed by atoms with Gasteiger partial charge in [0.05, 0.1) is 12.2 Å². The van der Waals surface area contributed by atoms with Crippen molar-refractivity contribution in [3.05, 3.63) is 47.3 Å². The number of esters is 1. The summed E-state index contributed by atoms with van der Waals surface area (Å²) in [5, 5.41) is 9.40. The van der Waals surface area contributed by atoms with Crippen LogP contribution in [0.3, 0.4) is 0 Å². The predicted octanol–water partition coefficient (Wildman–Crippen LogP) is 4.04. The molecule has 0 radical (unpaired) electrons. The zero-order chi connectivity index (χ0) is 17.2. The summed E-state index contributed by atoms with van der Waals surface area (Å²) in [6.45, 7) is 8.51. The van der Waals surface area contributed by atoms with E-state index < -0.39 is 5.97 Å². The van der Waals surface area contributed by atoms with E-state index in [2.05, 4.69) is 26.8 Å². The van der Waals surface area contributed by atoms with Gasteiger partial charge in [-0.15, -0.1) is 0 Å². The lowest BCUT2D eigenvalue weighted by atomic mass is 9.86. The summed E-state index contributed by atoms with van der Waals surface area (Å²) in [7, 11) is 1.75. The number of rotatable bonds is 3. The van der Waals surface area contributed by atoms with Crippen LogP contribution < -0.4 is 0 Å². The van der Waals surface area contributed by atoms with Gasteiger partial charge in [-0.2, -0.15) is 5.26 Å². The first-order valence-corrected chi connectivity index (χ1v) is 7.67. The molecule has 1 aromatic heterocycles. The molecule has 0 amide bonds. The zero-order valence-electron chi connectivity index (χ0n) is 14.3. The number of benzene rings is 1. The van der Waals surface area contributed by atoms with Crippen LogP contribution in [0.2, 0.25) is 0 Å². The Labute approximate surface area is 137 Å². The quantitative estimate of drug-likeness (QED) is 0.804. The van der Waals surface area contributed by atoms with E-state index in [9.17, 15) is 10.1 Å². The van der Waals surface area contributed by atoms with E-state index in [1.165, 1.54) is 5.56 Å². The number of carbonyl (C=O) groups is 1. The van der Waals surface area contributed by atoms with E-state index in [1.54, 1.807) is 24.7 Å². The van der Waals surface area contributed by atoms with E-state index in [0.717, 1.165) is 5.56 Å². The average Bonchev–Trinajstić information content (AvgIpc) is 2.83. The van der Waals surface area contributed by atoms with E-state index in [1.807, 2.05) is 24.3 Å². The van der Waals surface area contributed by atoms with E-state index in [4.69, 9.17) is 4.74 Å². The third-order valence-electron chi connectivity index (χ3n) is 3.81. The minimum Gasteiger partial charge on any atom is -0.461 e. The van der Waals surface area contributed by atoms with Gasteiger partial charge in [0.2, 0.25) is 0 Å². The monoisotopic (exact) mass is 310 g/mol. The molecule has 0 unspecified atom stereocenters. The smallest absolute Gasteiger partial charge is 0.355 e. The molecule has 0 aliphatic rings. The number of ether oxygens (including phenoxy) is 1. The highest BCUT2D eigenvalue weighted by Gasteiger charge is 2.23. The van der Waals surface area contributed by atoms with Crippen molar-refractivity contribution in [1.29, 1.82) is 5.26 Å². The molecule has 0 bridgehead atoms. The maximum Gasteiger partial charge on any atom is 0.355 e. The lowest BCUT2D eigenvalue weighted by Gasteiger charge is -2.19. The van der Waals surface area contributed by atoms with Gasteiger partial charge in [0.15, 0.2) is 0 Å². The van der Waals surface area contributed by atoms with Crippen LogP contribution in [0.5, 0.6) is 0 Å². The molecule has 0 saturated heterocycles. The molecule has 0 spiro atoms. The SMILES string of the molecule is CCOC(=O)c1c(-c2ccc(C(C)(C)C)cc2)c(C#N)cn1C. The molecule has 1 heterocycles. The first-order valence-electron chi connectivity index (χ1n) is 7.67. The standard InChI is InChI=1S/C19H22N2O2/c1-6-23-18(22)17-16(14(11-20)12-21(17)5)13-7-9-15(10-8-13)19(2,3)4/h7-10,12H,6H2,1-5H3. The van der Waals surface area contributed by atoms with Crippen molar-refractivity contribution in [3.8, 4) is 17.2 Å². The van der Waals surface area contributed by atoms with E-state index in [0.29, 0.717) is 23.4 Å². The van der Waals surface area contributed by atoms with Gasteiger partial charge < -0.3 is 9.30 Å². The fourth-order valence-electron chi connectivity index (χ4n) is 2.59. The number of hydrogen-bond donors (Lipinski definition) is 0. The summed E-state index contributed by atoms with van der Waals surface area (Å²) >= 11 is 0. The lowest BCUT2D eigenvalue weighted by Crippen LogP contribution is -2.11. The van der Waals surface area contributed by atoms with Crippen LogP contribution in [-0.2, 0) is 17.2 Å². The Balaban J connectivity index is 2.58. The van der Waals surface area contributed by atoms with Crippen LogP contribution in [0.1, 0.15) is 49.3 Å². The minimum atomic E-state index is -0.411. The molecule has 23 heavy (non-hydrogen) atoms. The highest BCUT2D eigenvalue weighted by molar-refractivity contribution is 5.97. The van der Waals surface area contributed by atoms with Crippen LogP contribution >= 0.6 is 0 Å². The van der Waals surface area contributed by atoms with Crippen molar-refractivity contribution in [2.75, 3.05) is 6.61 Å². The van der Waals surface area contributed by atoms with Crippen LogP contribution in [0.4, 0.5) is 0 Å². The Morgan fingerprint density at radius 3 is 2.35 bits per heavy atom. The Bertz CT molecular complexity index is 756. The maximum atomic E-state index is 12.3. The van der Waals surface area contributed by atoms with Gasteiger partial charge in [-0.3, -0.25) is 0 Å². The molecule has 0 aliphatic carbocycles. The van der Waals surface area contributed by atoms with Gasteiger partial charge >= 0.3 is 5.97 Å². The fraction of sp³-hybridized carbons (Fsp3) is 0.368. The number of nitrogens with zero attached hydrogens (tertiary/aromatic N) is 2. The molecule has 4 nitrogen and oxygen atoms in total. The molecule has 4 heteroatoms. The van der Waals surface area contributed by atoms with Gasteiger partial charge in [0.25, 0.3) is 0 Å². The van der Waals surface area contributed by atoms with Crippen molar-refractivity contribution < 1.29 is 9.53 Å². The summed E-state index contributed by atoms with van der Waals surface area (Å²) in [5.74, 6) is -0.411. The van der Waals surface area contributed by atoms with Crippen LogP contribution in [0.25, 0.3) is 11.1 Å². The Kier molecular flexibility index (Phi) is 4.60. The molecular weight excluding hydrogens is 288 g/mol. The fourth-order valence-corrected chi connectivity index (χ4v) is 2.59. The van der Waals surface area contributed by atoms with Gasteiger partial charge in [-0.05, 0) is 23.5 Å². The molecule has 0 fully saturated rings. The summed E-state index contributed by atoms with van der Waals surface area (Å²) in [4.78, 5) is 12.3. The summed E-state index contributed by atoms with van der Waals surface area (Å²) in [5.41, 5.74) is 3.61. The molecule has 0 N–H and O–H groups in total. The molecule has 0 atom stereocenters. The van der Waals surface area contributed by atoms with Crippen molar-refractivity contribution in [3.63, 3.8) is 0 Å². The zero-order valence-corrected chi connectivity index (χ0v) is 14.3.